The van der Waals surface area contributed by atoms with E-state index < -0.39 is 0 Å². The fourth-order valence-corrected chi connectivity index (χ4v) is 2.40. The minimum absolute atomic E-state index is 0.327. The summed E-state index contributed by atoms with van der Waals surface area (Å²) in [6, 6.07) is 4.61. The van der Waals surface area contributed by atoms with Crippen molar-refractivity contribution in [3.8, 4) is 0 Å². The number of likely N-dealkylation sites (tertiary alicyclic amines) is 1. The number of H-pyrrole nitrogens is 1. The molecule has 2 heterocycles. The van der Waals surface area contributed by atoms with E-state index in [1.807, 2.05) is 12.3 Å². The third-order valence-electron chi connectivity index (χ3n) is 3.43. The molecule has 2 rings (SSSR count). The summed E-state index contributed by atoms with van der Waals surface area (Å²) < 4.78 is 0. The van der Waals surface area contributed by atoms with Crippen LogP contribution in [0.2, 0.25) is 0 Å². The maximum Gasteiger partial charge on any atom is 0.0471 e. The average molecular weight is 208 g/mol. The smallest absolute Gasteiger partial charge is 0.0471 e. The number of aromatic amines is 1. The molecule has 0 aromatic carbocycles. The lowest BCUT2D eigenvalue weighted by Crippen LogP contribution is -2.38. The molecular formula is C12H20N2O. The fourth-order valence-electron chi connectivity index (χ4n) is 2.40. The van der Waals surface area contributed by atoms with Crippen LogP contribution < -0.4 is 0 Å². The molecule has 1 aliphatic heterocycles. The van der Waals surface area contributed by atoms with Crippen LogP contribution in [0.15, 0.2) is 18.3 Å². The molecule has 0 radical (unpaired) electrons. The first kappa shape index (κ1) is 10.7. The number of rotatable bonds is 3. The van der Waals surface area contributed by atoms with Gasteiger partial charge in [-0.25, -0.2) is 0 Å². The van der Waals surface area contributed by atoms with Crippen LogP contribution in [0.1, 0.15) is 31.5 Å². The van der Waals surface area contributed by atoms with Gasteiger partial charge in [-0.3, -0.25) is 4.90 Å². The molecule has 0 unspecified atom stereocenters. The van der Waals surface area contributed by atoms with Gasteiger partial charge < -0.3 is 10.1 Å². The molecule has 3 heteroatoms. The molecule has 0 spiro atoms. The minimum atomic E-state index is 0.327. The number of nitrogens with zero attached hydrogens (tertiary/aromatic N) is 1. The fraction of sp³-hybridized carbons (Fsp3) is 0.667. The van der Waals surface area contributed by atoms with E-state index in [2.05, 4.69) is 22.9 Å². The number of hydrogen-bond acceptors (Lipinski definition) is 2. The highest BCUT2D eigenvalue weighted by molar-refractivity contribution is 5.08. The quantitative estimate of drug-likeness (QED) is 0.794. The first-order valence-electron chi connectivity index (χ1n) is 5.79. The summed E-state index contributed by atoms with van der Waals surface area (Å²) in [6.07, 6.45) is 4.35. The summed E-state index contributed by atoms with van der Waals surface area (Å²) in [5, 5.41) is 9.19. The van der Waals surface area contributed by atoms with Gasteiger partial charge in [-0.2, -0.15) is 0 Å². The van der Waals surface area contributed by atoms with Crippen molar-refractivity contribution in [1.82, 2.24) is 9.88 Å². The third kappa shape index (κ3) is 2.41. The van der Waals surface area contributed by atoms with Gasteiger partial charge >= 0.3 is 0 Å². The van der Waals surface area contributed by atoms with E-state index in [0.29, 0.717) is 18.6 Å². The molecule has 0 amide bonds. The SMILES string of the molecule is C[C@@H](c1ccc[nH]1)N1CCC[C@@H](CO)C1. The van der Waals surface area contributed by atoms with Crippen molar-refractivity contribution in [3.63, 3.8) is 0 Å². The molecule has 0 aliphatic carbocycles. The lowest BCUT2D eigenvalue weighted by atomic mass is 9.97. The molecule has 1 fully saturated rings. The summed E-state index contributed by atoms with van der Waals surface area (Å²) in [6.45, 7) is 4.73. The molecule has 84 valence electrons. The van der Waals surface area contributed by atoms with Crippen LogP contribution in [0.4, 0.5) is 0 Å². The summed E-state index contributed by atoms with van der Waals surface area (Å²) >= 11 is 0. The van der Waals surface area contributed by atoms with E-state index in [0.717, 1.165) is 13.1 Å². The van der Waals surface area contributed by atoms with Gasteiger partial charge in [-0.15, -0.1) is 0 Å². The molecule has 0 bridgehead atoms. The highest BCUT2D eigenvalue weighted by Gasteiger charge is 2.23. The lowest BCUT2D eigenvalue weighted by Gasteiger charge is -2.35. The zero-order chi connectivity index (χ0) is 10.7. The van der Waals surface area contributed by atoms with Crippen LogP contribution in [0.3, 0.4) is 0 Å². The molecule has 2 N–H and O–H groups in total. The maximum atomic E-state index is 9.19. The Kier molecular flexibility index (Phi) is 3.44. The Morgan fingerprint density at radius 2 is 2.53 bits per heavy atom. The average Bonchev–Trinajstić information content (AvgIpc) is 2.81. The zero-order valence-electron chi connectivity index (χ0n) is 9.32. The molecule has 3 nitrogen and oxygen atoms in total. The number of aliphatic hydroxyl groups excluding tert-OH is 1. The van der Waals surface area contributed by atoms with Crippen LogP contribution in [0, 0.1) is 5.92 Å². The standard InChI is InChI=1S/C12H20N2O/c1-10(12-5-2-6-13-12)14-7-3-4-11(8-14)9-15/h2,5-6,10-11,13,15H,3-4,7-9H2,1H3/t10-,11+/m0/s1. The van der Waals surface area contributed by atoms with E-state index in [1.54, 1.807) is 0 Å². The summed E-state index contributed by atoms with van der Waals surface area (Å²) in [4.78, 5) is 5.72. The van der Waals surface area contributed by atoms with E-state index in [9.17, 15) is 5.11 Å². The summed E-state index contributed by atoms with van der Waals surface area (Å²) in [7, 11) is 0. The second-order valence-corrected chi connectivity index (χ2v) is 4.49. The number of hydrogen-bond donors (Lipinski definition) is 2. The van der Waals surface area contributed by atoms with Crippen molar-refractivity contribution < 1.29 is 5.11 Å². The van der Waals surface area contributed by atoms with Gasteiger partial charge in [0.1, 0.15) is 0 Å². The van der Waals surface area contributed by atoms with Crippen molar-refractivity contribution in [2.75, 3.05) is 19.7 Å². The number of aromatic nitrogens is 1. The summed E-state index contributed by atoms with van der Waals surface area (Å²) in [5.74, 6) is 0.469. The van der Waals surface area contributed by atoms with E-state index in [4.69, 9.17) is 0 Å². The van der Waals surface area contributed by atoms with Crippen LogP contribution in [0.5, 0.6) is 0 Å². The number of nitrogens with one attached hydrogen (secondary N) is 1. The van der Waals surface area contributed by atoms with Gasteiger partial charge in [0.2, 0.25) is 0 Å². The monoisotopic (exact) mass is 208 g/mol. The molecule has 0 saturated carbocycles. The van der Waals surface area contributed by atoms with Gasteiger partial charge in [0, 0.05) is 31.1 Å². The van der Waals surface area contributed by atoms with Crippen molar-refractivity contribution >= 4 is 0 Å². The molecular weight excluding hydrogens is 188 g/mol. The molecule has 2 atom stereocenters. The van der Waals surface area contributed by atoms with Crippen LogP contribution in [-0.4, -0.2) is 34.7 Å². The van der Waals surface area contributed by atoms with E-state index >= 15 is 0 Å². The topological polar surface area (TPSA) is 39.3 Å². The van der Waals surface area contributed by atoms with Gasteiger partial charge in [0.05, 0.1) is 0 Å². The molecule has 1 aliphatic rings. The van der Waals surface area contributed by atoms with Crippen LogP contribution in [-0.2, 0) is 0 Å². The number of piperidine rings is 1. The predicted octanol–water partition coefficient (Wildman–Crippen LogP) is 1.78. The Morgan fingerprint density at radius 1 is 1.67 bits per heavy atom. The first-order valence-corrected chi connectivity index (χ1v) is 5.79. The Bertz CT molecular complexity index is 284. The normalized spacial score (nSPS) is 25.3. The Balaban J connectivity index is 1.98. The first-order chi connectivity index (χ1) is 7.31. The lowest BCUT2D eigenvalue weighted by molar-refractivity contribution is 0.0924. The van der Waals surface area contributed by atoms with Gasteiger partial charge in [-0.1, -0.05) is 0 Å². The third-order valence-corrected chi connectivity index (χ3v) is 3.43. The van der Waals surface area contributed by atoms with E-state index in [-0.39, 0.29) is 0 Å². The number of aliphatic hydroxyl groups is 1. The van der Waals surface area contributed by atoms with Gasteiger partial charge in [-0.05, 0) is 44.4 Å². The largest absolute Gasteiger partial charge is 0.396 e. The van der Waals surface area contributed by atoms with Crippen LogP contribution in [0.25, 0.3) is 0 Å². The Hall–Kier alpha value is -0.800. The van der Waals surface area contributed by atoms with Crippen LogP contribution >= 0.6 is 0 Å². The van der Waals surface area contributed by atoms with Gasteiger partial charge in [0.25, 0.3) is 0 Å². The minimum Gasteiger partial charge on any atom is -0.396 e. The maximum absolute atomic E-state index is 9.19. The van der Waals surface area contributed by atoms with Gasteiger partial charge in [0.15, 0.2) is 0 Å². The molecule has 1 saturated heterocycles. The summed E-state index contributed by atoms with van der Waals surface area (Å²) in [5.41, 5.74) is 1.27. The van der Waals surface area contributed by atoms with Crippen molar-refractivity contribution in [3.05, 3.63) is 24.0 Å². The van der Waals surface area contributed by atoms with Crippen molar-refractivity contribution in [1.29, 1.82) is 0 Å². The zero-order valence-corrected chi connectivity index (χ0v) is 9.32. The van der Waals surface area contributed by atoms with E-state index in [1.165, 1.54) is 18.5 Å². The highest BCUT2D eigenvalue weighted by atomic mass is 16.3. The molecule has 15 heavy (non-hydrogen) atoms. The molecule has 1 aromatic heterocycles. The Labute approximate surface area is 91.1 Å². The Morgan fingerprint density at radius 3 is 3.20 bits per heavy atom. The second-order valence-electron chi connectivity index (χ2n) is 4.49. The second kappa shape index (κ2) is 4.81. The highest BCUT2D eigenvalue weighted by Crippen LogP contribution is 2.25. The van der Waals surface area contributed by atoms with Crippen molar-refractivity contribution in [2.24, 2.45) is 5.92 Å². The predicted molar refractivity (Wildman–Crippen MR) is 60.6 cm³/mol. The molecule has 1 aromatic rings. The van der Waals surface area contributed by atoms with Crippen molar-refractivity contribution in [2.45, 2.75) is 25.8 Å².